The van der Waals surface area contributed by atoms with Crippen LogP contribution < -0.4 is 10.6 Å². The summed E-state index contributed by atoms with van der Waals surface area (Å²) >= 11 is 0. The molecule has 0 saturated carbocycles. The number of anilines is 2. The Labute approximate surface area is 96.9 Å². The number of aliphatic hydroxyl groups is 1. The van der Waals surface area contributed by atoms with E-state index < -0.39 is 0 Å². The molecule has 1 saturated heterocycles. The predicted molar refractivity (Wildman–Crippen MR) is 67.5 cm³/mol. The van der Waals surface area contributed by atoms with Crippen molar-refractivity contribution in [2.45, 2.75) is 25.9 Å². The van der Waals surface area contributed by atoms with Gasteiger partial charge in [0, 0.05) is 19.0 Å². The Kier molecular flexibility index (Phi) is 3.34. The molecule has 2 rings (SSSR count). The standard InChI is InChI=1S/C13H20N2O/c1-2-10-9-15(8-7-13(10)16)12-6-4-3-5-11(12)14/h3-6,10,13,16H,2,7-9,14H2,1H3/t10-,13-/m1/s1. The van der Waals surface area contributed by atoms with Gasteiger partial charge in [-0.15, -0.1) is 0 Å². The van der Waals surface area contributed by atoms with Crippen molar-refractivity contribution in [1.29, 1.82) is 0 Å². The lowest BCUT2D eigenvalue weighted by molar-refractivity contribution is 0.0860. The molecule has 0 spiro atoms. The van der Waals surface area contributed by atoms with Crippen LogP contribution in [-0.4, -0.2) is 24.3 Å². The summed E-state index contributed by atoms with van der Waals surface area (Å²) < 4.78 is 0. The average Bonchev–Trinajstić information content (AvgIpc) is 2.31. The molecule has 0 aliphatic carbocycles. The first-order valence-electron chi connectivity index (χ1n) is 6.00. The van der Waals surface area contributed by atoms with Gasteiger partial charge in [-0.05, 0) is 25.0 Å². The molecule has 0 aromatic heterocycles. The number of para-hydroxylation sites is 2. The van der Waals surface area contributed by atoms with Crippen LogP contribution in [0.2, 0.25) is 0 Å². The molecule has 0 amide bonds. The van der Waals surface area contributed by atoms with E-state index in [9.17, 15) is 5.11 Å². The maximum atomic E-state index is 9.85. The molecule has 88 valence electrons. The number of nitrogens with two attached hydrogens (primary N) is 1. The van der Waals surface area contributed by atoms with Crippen LogP contribution in [0.3, 0.4) is 0 Å². The van der Waals surface area contributed by atoms with E-state index in [1.807, 2.05) is 18.2 Å². The van der Waals surface area contributed by atoms with E-state index in [1.54, 1.807) is 0 Å². The third kappa shape index (κ3) is 2.14. The van der Waals surface area contributed by atoms with Crippen molar-refractivity contribution in [2.75, 3.05) is 23.7 Å². The van der Waals surface area contributed by atoms with Crippen molar-refractivity contribution in [3.63, 3.8) is 0 Å². The van der Waals surface area contributed by atoms with Crippen molar-refractivity contribution < 1.29 is 5.11 Å². The Hall–Kier alpha value is -1.22. The summed E-state index contributed by atoms with van der Waals surface area (Å²) in [5.41, 5.74) is 7.90. The SMILES string of the molecule is CC[C@@H]1CN(c2ccccc2N)CC[C@H]1O. The maximum Gasteiger partial charge on any atom is 0.0602 e. The zero-order chi connectivity index (χ0) is 11.5. The van der Waals surface area contributed by atoms with Crippen molar-refractivity contribution in [3.05, 3.63) is 24.3 Å². The van der Waals surface area contributed by atoms with Gasteiger partial charge in [0.05, 0.1) is 17.5 Å². The molecule has 1 aromatic carbocycles. The summed E-state index contributed by atoms with van der Waals surface area (Å²) in [6, 6.07) is 7.95. The molecule has 0 unspecified atom stereocenters. The van der Waals surface area contributed by atoms with Gasteiger partial charge in [-0.25, -0.2) is 0 Å². The number of nitrogen functional groups attached to an aromatic ring is 1. The molecule has 16 heavy (non-hydrogen) atoms. The van der Waals surface area contributed by atoms with Gasteiger partial charge in [0.15, 0.2) is 0 Å². The van der Waals surface area contributed by atoms with Gasteiger partial charge in [-0.1, -0.05) is 19.1 Å². The lowest BCUT2D eigenvalue weighted by Gasteiger charge is -2.37. The van der Waals surface area contributed by atoms with E-state index in [1.165, 1.54) is 0 Å². The number of hydrogen-bond acceptors (Lipinski definition) is 3. The Morgan fingerprint density at radius 1 is 1.44 bits per heavy atom. The van der Waals surface area contributed by atoms with Crippen LogP contribution in [0.15, 0.2) is 24.3 Å². The van der Waals surface area contributed by atoms with Gasteiger partial charge >= 0.3 is 0 Å². The lowest BCUT2D eigenvalue weighted by Crippen LogP contribution is -2.43. The minimum absolute atomic E-state index is 0.147. The fraction of sp³-hybridized carbons (Fsp3) is 0.538. The number of hydrogen-bond donors (Lipinski definition) is 2. The van der Waals surface area contributed by atoms with E-state index >= 15 is 0 Å². The number of rotatable bonds is 2. The van der Waals surface area contributed by atoms with Gasteiger partial charge in [-0.3, -0.25) is 0 Å². The average molecular weight is 220 g/mol. The second kappa shape index (κ2) is 4.74. The first kappa shape index (κ1) is 11.3. The third-order valence-electron chi connectivity index (χ3n) is 3.50. The number of nitrogens with zero attached hydrogens (tertiary/aromatic N) is 1. The molecule has 2 atom stereocenters. The van der Waals surface area contributed by atoms with Crippen molar-refractivity contribution >= 4 is 11.4 Å². The lowest BCUT2D eigenvalue weighted by atomic mass is 9.92. The van der Waals surface area contributed by atoms with E-state index in [2.05, 4.69) is 17.9 Å². The van der Waals surface area contributed by atoms with Crippen LogP contribution >= 0.6 is 0 Å². The molecule has 1 aliphatic heterocycles. The van der Waals surface area contributed by atoms with Gasteiger partial charge in [0.2, 0.25) is 0 Å². The van der Waals surface area contributed by atoms with Crippen LogP contribution in [-0.2, 0) is 0 Å². The third-order valence-corrected chi connectivity index (χ3v) is 3.50. The van der Waals surface area contributed by atoms with Gasteiger partial charge in [-0.2, -0.15) is 0 Å². The summed E-state index contributed by atoms with van der Waals surface area (Å²) in [6.45, 7) is 3.93. The van der Waals surface area contributed by atoms with Crippen molar-refractivity contribution in [1.82, 2.24) is 0 Å². The van der Waals surface area contributed by atoms with E-state index in [0.717, 1.165) is 37.3 Å². The van der Waals surface area contributed by atoms with Crippen LogP contribution in [0.5, 0.6) is 0 Å². The fourth-order valence-corrected chi connectivity index (χ4v) is 2.42. The molecular formula is C13H20N2O. The first-order valence-corrected chi connectivity index (χ1v) is 6.00. The highest BCUT2D eigenvalue weighted by Crippen LogP contribution is 2.28. The van der Waals surface area contributed by atoms with E-state index in [4.69, 9.17) is 5.73 Å². The Balaban J connectivity index is 2.14. The molecule has 1 aliphatic rings. The van der Waals surface area contributed by atoms with Gasteiger partial charge < -0.3 is 15.7 Å². The molecule has 0 bridgehead atoms. The minimum atomic E-state index is -0.147. The molecule has 1 fully saturated rings. The van der Waals surface area contributed by atoms with Crippen LogP contribution in [0.1, 0.15) is 19.8 Å². The highest BCUT2D eigenvalue weighted by Gasteiger charge is 2.26. The largest absolute Gasteiger partial charge is 0.397 e. The van der Waals surface area contributed by atoms with Crippen LogP contribution in [0.25, 0.3) is 0 Å². The number of piperidine rings is 1. The maximum absolute atomic E-state index is 9.85. The summed E-state index contributed by atoms with van der Waals surface area (Å²) in [5, 5.41) is 9.85. The molecule has 1 aromatic rings. The molecular weight excluding hydrogens is 200 g/mol. The second-order valence-electron chi connectivity index (χ2n) is 4.53. The van der Waals surface area contributed by atoms with E-state index in [0.29, 0.717) is 5.92 Å². The smallest absolute Gasteiger partial charge is 0.0602 e. The van der Waals surface area contributed by atoms with Crippen LogP contribution in [0, 0.1) is 5.92 Å². The second-order valence-corrected chi connectivity index (χ2v) is 4.53. The zero-order valence-corrected chi connectivity index (χ0v) is 9.76. The quantitative estimate of drug-likeness (QED) is 0.748. The number of benzene rings is 1. The summed E-state index contributed by atoms with van der Waals surface area (Å²) in [7, 11) is 0. The highest BCUT2D eigenvalue weighted by molar-refractivity contribution is 5.67. The zero-order valence-electron chi connectivity index (χ0n) is 9.76. The fourth-order valence-electron chi connectivity index (χ4n) is 2.42. The van der Waals surface area contributed by atoms with E-state index in [-0.39, 0.29) is 6.10 Å². The van der Waals surface area contributed by atoms with Crippen LogP contribution in [0.4, 0.5) is 11.4 Å². The topological polar surface area (TPSA) is 49.5 Å². The predicted octanol–water partition coefficient (Wildman–Crippen LogP) is 1.87. The normalized spacial score (nSPS) is 25.8. The summed E-state index contributed by atoms with van der Waals surface area (Å²) in [4.78, 5) is 2.29. The molecule has 3 heteroatoms. The summed E-state index contributed by atoms with van der Waals surface area (Å²) in [5.74, 6) is 0.369. The molecule has 3 nitrogen and oxygen atoms in total. The van der Waals surface area contributed by atoms with Gasteiger partial charge in [0.1, 0.15) is 0 Å². The molecule has 3 N–H and O–H groups in total. The Bertz CT molecular complexity index is 354. The van der Waals surface area contributed by atoms with Crippen molar-refractivity contribution in [2.24, 2.45) is 5.92 Å². The number of aliphatic hydroxyl groups excluding tert-OH is 1. The molecule has 0 radical (unpaired) electrons. The monoisotopic (exact) mass is 220 g/mol. The Morgan fingerprint density at radius 2 is 2.19 bits per heavy atom. The minimum Gasteiger partial charge on any atom is -0.397 e. The van der Waals surface area contributed by atoms with Crippen molar-refractivity contribution in [3.8, 4) is 0 Å². The highest BCUT2D eigenvalue weighted by atomic mass is 16.3. The first-order chi connectivity index (χ1) is 7.72. The Morgan fingerprint density at radius 3 is 2.88 bits per heavy atom. The summed E-state index contributed by atoms with van der Waals surface area (Å²) in [6.07, 6.45) is 1.71. The molecule has 1 heterocycles. The van der Waals surface area contributed by atoms with Gasteiger partial charge in [0.25, 0.3) is 0 Å².